The zero-order valence-electron chi connectivity index (χ0n) is 13.3. The van der Waals surface area contributed by atoms with Crippen molar-refractivity contribution in [3.8, 4) is 16.9 Å². The van der Waals surface area contributed by atoms with Crippen LogP contribution in [0.3, 0.4) is 0 Å². The zero-order valence-corrected chi connectivity index (χ0v) is 14.2. The summed E-state index contributed by atoms with van der Waals surface area (Å²) in [6.07, 6.45) is 3.63. The van der Waals surface area contributed by atoms with Crippen LogP contribution in [0.2, 0.25) is 0 Å². The Balaban J connectivity index is 0.000000315. The molecular formula is C18H25NOS. The number of benzene rings is 1. The molecular weight excluding hydrogens is 278 g/mol. The number of thiol groups is 1. The third kappa shape index (κ3) is 6.67. The van der Waals surface area contributed by atoms with Gasteiger partial charge in [-0.25, -0.2) is 0 Å². The van der Waals surface area contributed by atoms with Gasteiger partial charge in [-0.1, -0.05) is 39.0 Å². The van der Waals surface area contributed by atoms with E-state index in [-0.39, 0.29) is 0 Å². The summed E-state index contributed by atoms with van der Waals surface area (Å²) in [7, 11) is 0. The molecule has 0 saturated carbocycles. The van der Waals surface area contributed by atoms with Gasteiger partial charge in [0.05, 0.1) is 6.61 Å². The minimum Gasteiger partial charge on any atom is -0.494 e. The van der Waals surface area contributed by atoms with Gasteiger partial charge in [0.15, 0.2) is 0 Å². The number of rotatable bonds is 4. The lowest BCUT2D eigenvalue weighted by Crippen LogP contribution is -1.99. The van der Waals surface area contributed by atoms with Gasteiger partial charge < -0.3 is 4.74 Å². The Labute approximate surface area is 134 Å². The van der Waals surface area contributed by atoms with Gasteiger partial charge in [0, 0.05) is 17.6 Å². The van der Waals surface area contributed by atoms with E-state index in [1.807, 2.05) is 49.5 Å². The fraction of sp³-hybridized carbons (Fsp3) is 0.389. The van der Waals surface area contributed by atoms with Gasteiger partial charge in [0.1, 0.15) is 5.75 Å². The monoisotopic (exact) mass is 303 g/mol. The number of hydrogen-bond acceptors (Lipinski definition) is 3. The minimum atomic E-state index is 0.546. The Morgan fingerprint density at radius 3 is 2.10 bits per heavy atom. The number of hydrogen-bond donors (Lipinski definition) is 1. The van der Waals surface area contributed by atoms with Crippen LogP contribution in [0.5, 0.6) is 5.75 Å². The van der Waals surface area contributed by atoms with Crippen LogP contribution in [0.15, 0.2) is 48.8 Å². The van der Waals surface area contributed by atoms with E-state index in [0.29, 0.717) is 17.8 Å². The lowest BCUT2D eigenvalue weighted by molar-refractivity contribution is 0.340. The highest BCUT2D eigenvalue weighted by atomic mass is 32.1. The quantitative estimate of drug-likeness (QED) is 0.793. The molecule has 1 atom stereocenters. The predicted octanol–water partition coefficient (Wildman–Crippen LogP) is 5.11. The van der Waals surface area contributed by atoms with Crippen LogP contribution in [0.1, 0.15) is 27.7 Å². The molecule has 0 radical (unpaired) electrons. The van der Waals surface area contributed by atoms with Crippen LogP contribution in [-0.4, -0.2) is 16.8 Å². The predicted molar refractivity (Wildman–Crippen MR) is 94.1 cm³/mol. The van der Waals surface area contributed by atoms with Gasteiger partial charge in [-0.2, -0.15) is 12.6 Å². The van der Waals surface area contributed by atoms with E-state index in [1.165, 1.54) is 0 Å². The Bertz CT molecular complexity index is 488. The first-order valence-corrected chi connectivity index (χ1v) is 7.87. The van der Waals surface area contributed by atoms with E-state index < -0.39 is 0 Å². The van der Waals surface area contributed by atoms with Crippen molar-refractivity contribution in [1.82, 2.24) is 4.98 Å². The van der Waals surface area contributed by atoms with Crippen LogP contribution in [0, 0.1) is 5.92 Å². The maximum absolute atomic E-state index is 5.38. The molecule has 1 heterocycles. The maximum Gasteiger partial charge on any atom is 0.119 e. The molecule has 0 bridgehead atoms. The first-order chi connectivity index (χ1) is 10.0. The smallest absolute Gasteiger partial charge is 0.119 e. The summed E-state index contributed by atoms with van der Waals surface area (Å²) in [6, 6.07) is 12.0. The van der Waals surface area contributed by atoms with E-state index in [2.05, 4.69) is 38.4 Å². The second kappa shape index (κ2) is 9.46. The third-order valence-corrected chi connectivity index (χ3v) is 3.72. The highest BCUT2D eigenvalue weighted by molar-refractivity contribution is 7.80. The van der Waals surface area contributed by atoms with Crippen molar-refractivity contribution in [2.45, 2.75) is 32.9 Å². The summed E-state index contributed by atoms with van der Waals surface area (Å²) in [5.74, 6) is 1.62. The summed E-state index contributed by atoms with van der Waals surface area (Å²) in [5.41, 5.74) is 2.28. The molecule has 0 amide bonds. The van der Waals surface area contributed by atoms with Gasteiger partial charge in [0.25, 0.3) is 0 Å². The molecule has 0 fully saturated rings. The van der Waals surface area contributed by atoms with Crippen LogP contribution in [-0.2, 0) is 0 Å². The molecule has 1 aromatic heterocycles. The molecule has 0 N–H and O–H groups in total. The highest BCUT2D eigenvalue weighted by Gasteiger charge is 1.97. The fourth-order valence-corrected chi connectivity index (χ4v) is 1.44. The van der Waals surface area contributed by atoms with E-state index in [1.54, 1.807) is 6.20 Å². The summed E-state index contributed by atoms with van der Waals surface area (Å²) in [5, 5.41) is 0.546. The topological polar surface area (TPSA) is 22.1 Å². The Kier molecular flexibility index (Phi) is 7.91. The summed E-state index contributed by atoms with van der Waals surface area (Å²) in [4.78, 5) is 4.09. The van der Waals surface area contributed by atoms with Crippen LogP contribution in [0.25, 0.3) is 11.1 Å². The molecule has 1 unspecified atom stereocenters. The van der Waals surface area contributed by atoms with Crippen molar-refractivity contribution < 1.29 is 4.74 Å². The summed E-state index contributed by atoms with van der Waals surface area (Å²) < 4.78 is 5.38. The second-order valence-electron chi connectivity index (χ2n) is 5.18. The van der Waals surface area contributed by atoms with Crippen molar-refractivity contribution in [3.05, 3.63) is 48.8 Å². The number of aromatic nitrogens is 1. The van der Waals surface area contributed by atoms with E-state index >= 15 is 0 Å². The Hall–Kier alpha value is -1.48. The second-order valence-corrected chi connectivity index (χ2v) is 6.00. The first-order valence-electron chi connectivity index (χ1n) is 7.36. The van der Waals surface area contributed by atoms with E-state index in [4.69, 9.17) is 4.74 Å². The van der Waals surface area contributed by atoms with Crippen LogP contribution in [0.4, 0.5) is 0 Å². The molecule has 21 heavy (non-hydrogen) atoms. The summed E-state index contributed by atoms with van der Waals surface area (Å²) >= 11 is 4.19. The molecule has 2 rings (SSSR count). The average Bonchev–Trinajstić information content (AvgIpc) is 2.50. The first kappa shape index (κ1) is 17.6. The molecule has 2 nitrogen and oxygen atoms in total. The number of pyridine rings is 1. The summed E-state index contributed by atoms with van der Waals surface area (Å²) in [6.45, 7) is 9.12. The van der Waals surface area contributed by atoms with Gasteiger partial charge in [-0.05, 0) is 42.2 Å². The molecule has 0 aliphatic rings. The lowest BCUT2D eigenvalue weighted by atomic mass is 10.1. The molecule has 0 aliphatic carbocycles. The van der Waals surface area contributed by atoms with Crippen LogP contribution < -0.4 is 4.74 Å². The van der Waals surface area contributed by atoms with Crippen molar-refractivity contribution in [2.75, 3.05) is 6.61 Å². The molecule has 2 aromatic rings. The van der Waals surface area contributed by atoms with E-state index in [9.17, 15) is 0 Å². The number of nitrogens with zero attached hydrogens (tertiary/aromatic N) is 1. The molecule has 114 valence electrons. The van der Waals surface area contributed by atoms with Crippen molar-refractivity contribution in [2.24, 2.45) is 5.92 Å². The molecule has 0 spiro atoms. The van der Waals surface area contributed by atoms with Crippen molar-refractivity contribution in [3.63, 3.8) is 0 Å². The zero-order chi connectivity index (χ0) is 15.7. The highest BCUT2D eigenvalue weighted by Crippen LogP contribution is 2.21. The van der Waals surface area contributed by atoms with Gasteiger partial charge in [-0.3, -0.25) is 4.98 Å². The van der Waals surface area contributed by atoms with E-state index in [0.717, 1.165) is 16.9 Å². The molecule has 1 aromatic carbocycles. The standard InChI is InChI=1S/C13H13NO.C5H12S/c1-2-15-13-7-5-11(6-8-13)12-4-3-9-14-10-12;1-4(2)5(3)6/h3-10H,2H2,1H3;4-6H,1-3H3. The Morgan fingerprint density at radius 2 is 1.67 bits per heavy atom. The SMILES string of the molecule is CC(C)C(C)S.CCOc1ccc(-c2cccnc2)cc1. The third-order valence-electron chi connectivity index (χ3n) is 3.12. The minimum absolute atomic E-state index is 0.546. The normalized spacial score (nSPS) is 11.5. The van der Waals surface area contributed by atoms with Gasteiger partial charge in [0.2, 0.25) is 0 Å². The average molecular weight is 303 g/mol. The molecule has 0 saturated heterocycles. The lowest BCUT2D eigenvalue weighted by Gasteiger charge is -2.04. The number of ether oxygens (including phenoxy) is 1. The van der Waals surface area contributed by atoms with Crippen LogP contribution >= 0.6 is 12.6 Å². The molecule has 0 aliphatic heterocycles. The Morgan fingerprint density at radius 1 is 1.05 bits per heavy atom. The van der Waals surface area contributed by atoms with Gasteiger partial charge >= 0.3 is 0 Å². The maximum atomic E-state index is 5.38. The fourth-order valence-electron chi connectivity index (χ4n) is 1.44. The van der Waals surface area contributed by atoms with Crippen molar-refractivity contribution >= 4 is 12.6 Å². The van der Waals surface area contributed by atoms with Gasteiger partial charge in [-0.15, -0.1) is 0 Å². The van der Waals surface area contributed by atoms with Crippen molar-refractivity contribution in [1.29, 1.82) is 0 Å². The largest absolute Gasteiger partial charge is 0.494 e. The molecule has 3 heteroatoms.